The lowest BCUT2D eigenvalue weighted by molar-refractivity contribution is 0.628. The average Bonchev–Trinajstić information content (AvgIpc) is 3.14. The molecule has 0 aliphatic heterocycles. The number of thiophene rings is 1. The Balaban J connectivity index is 2.04. The monoisotopic (exact) mass is 426 g/mol. The highest BCUT2D eigenvalue weighted by Crippen LogP contribution is 2.36. The Morgan fingerprint density at radius 3 is 2.76 bits per heavy atom. The third kappa shape index (κ3) is 3.35. The normalized spacial score (nSPS) is 10.9. The minimum Gasteiger partial charge on any atom is -0.291 e. The van der Waals surface area contributed by atoms with E-state index in [1.165, 1.54) is 29.0 Å². The molecule has 0 N–H and O–H groups in total. The number of hydrogen-bond acceptors (Lipinski definition) is 5. The van der Waals surface area contributed by atoms with E-state index in [2.05, 4.69) is 4.98 Å². The molecule has 6 nitrogen and oxygen atoms in total. The molecule has 3 heterocycles. The highest BCUT2D eigenvalue weighted by Gasteiger charge is 2.19. The number of aromatic nitrogens is 3. The van der Waals surface area contributed by atoms with E-state index in [0.717, 1.165) is 15.9 Å². The van der Waals surface area contributed by atoms with Crippen LogP contribution < -0.4 is 11.2 Å². The van der Waals surface area contributed by atoms with Gasteiger partial charge in [0.1, 0.15) is 10.5 Å². The second-order valence-corrected chi connectivity index (χ2v) is 7.60. The number of aryl methyl sites for hydroxylation is 1. The Kier molecular flexibility index (Phi) is 5.01. The van der Waals surface area contributed by atoms with Gasteiger partial charge in [-0.2, -0.15) is 5.26 Å². The van der Waals surface area contributed by atoms with Gasteiger partial charge in [-0.05, 0) is 36.4 Å². The molecule has 0 aliphatic rings. The zero-order valence-electron chi connectivity index (χ0n) is 14.8. The molecule has 0 fully saturated rings. The average molecular weight is 427 g/mol. The van der Waals surface area contributed by atoms with Gasteiger partial charge in [0, 0.05) is 23.2 Å². The van der Waals surface area contributed by atoms with Crippen LogP contribution in [-0.4, -0.2) is 14.1 Å². The molecule has 0 amide bonds. The maximum Gasteiger partial charge on any atom is 0.336 e. The number of benzene rings is 1. The lowest BCUT2D eigenvalue weighted by Crippen LogP contribution is -2.38. The van der Waals surface area contributed by atoms with Crippen molar-refractivity contribution in [2.75, 3.05) is 0 Å². The third-order valence-corrected chi connectivity index (χ3v) is 5.83. The lowest BCUT2D eigenvalue weighted by atomic mass is 10.2. The molecule has 9 heteroatoms. The fourth-order valence-electron chi connectivity index (χ4n) is 3.06. The zero-order chi connectivity index (χ0) is 20.5. The molecule has 3 aromatic heterocycles. The molecule has 0 bridgehead atoms. The summed E-state index contributed by atoms with van der Waals surface area (Å²) in [5.41, 5.74) is 0.266. The third-order valence-electron chi connectivity index (χ3n) is 4.37. The molecule has 29 heavy (non-hydrogen) atoms. The van der Waals surface area contributed by atoms with E-state index in [-0.39, 0.29) is 18.0 Å². The van der Waals surface area contributed by atoms with Crippen LogP contribution >= 0.6 is 22.9 Å². The van der Waals surface area contributed by atoms with E-state index < -0.39 is 17.1 Å². The molecule has 0 saturated carbocycles. The fourth-order valence-corrected chi connectivity index (χ4v) is 4.52. The van der Waals surface area contributed by atoms with Crippen LogP contribution in [0.25, 0.3) is 26.3 Å². The zero-order valence-corrected chi connectivity index (χ0v) is 16.4. The summed E-state index contributed by atoms with van der Waals surface area (Å²) >= 11 is 7.34. The molecule has 4 rings (SSSR count). The van der Waals surface area contributed by atoms with Gasteiger partial charge in [-0.3, -0.25) is 14.3 Å². The molecule has 0 aliphatic carbocycles. The van der Waals surface area contributed by atoms with Crippen molar-refractivity contribution < 1.29 is 4.39 Å². The Bertz CT molecular complexity index is 1390. The van der Waals surface area contributed by atoms with Crippen LogP contribution in [0.5, 0.6) is 0 Å². The molecule has 144 valence electrons. The van der Waals surface area contributed by atoms with Crippen molar-refractivity contribution in [2.45, 2.75) is 13.0 Å². The van der Waals surface area contributed by atoms with Gasteiger partial charge in [-0.15, -0.1) is 11.3 Å². The maximum absolute atomic E-state index is 13.4. The first-order valence-electron chi connectivity index (χ1n) is 8.53. The van der Waals surface area contributed by atoms with Crippen LogP contribution in [0.1, 0.15) is 6.42 Å². The molecule has 0 unspecified atom stereocenters. The highest BCUT2D eigenvalue weighted by molar-refractivity contribution is 7.22. The van der Waals surface area contributed by atoms with Gasteiger partial charge < -0.3 is 0 Å². The summed E-state index contributed by atoms with van der Waals surface area (Å²) in [6.07, 6.45) is 3.07. The number of halogens is 2. The summed E-state index contributed by atoms with van der Waals surface area (Å²) < 4.78 is 16.2. The molecule has 0 atom stereocenters. The molecule has 0 saturated heterocycles. The predicted molar refractivity (Wildman–Crippen MR) is 110 cm³/mol. The molecule has 1 aromatic carbocycles. The molecule has 0 spiro atoms. The summed E-state index contributed by atoms with van der Waals surface area (Å²) in [5.74, 6) is -0.468. The number of pyridine rings is 1. The largest absolute Gasteiger partial charge is 0.336 e. The topological polar surface area (TPSA) is 80.7 Å². The molecule has 4 aromatic rings. The SMILES string of the molecule is N#CCCn1c(=O)n(-c2cccnc2)c(=O)c2sc(-c3ccc(F)cc3Cl)cc21. The molecular formula is C20H12ClFN4O2S. The van der Waals surface area contributed by atoms with Crippen LogP contribution in [0.3, 0.4) is 0 Å². The van der Waals surface area contributed by atoms with E-state index in [4.69, 9.17) is 16.9 Å². The number of fused-ring (bicyclic) bond motifs is 1. The highest BCUT2D eigenvalue weighted by atomic mass is 35.5. The first-order valence-corrected chi connectivity index (χ1v) is 9.73. The van der Waals surface area contributed by atoms with E-state index in [1.807, 2.05) is 6.07 Å². The van der Waals surface area contributed by atoms with Crippen molar-refractivity contribution in [1.29, 1.82) is 5.26 Å². The van der Waals surface area contributed by atoms with Gasteiger partial charge in [-0.25, -0.2) is 13.8 Å². The quantitative estimate of drug-likeness (QED) is 0.494. The maximum atomic E-state index is 13.4. The van der Waals surface area contributed by atoms with Crippen molar-refractivity contribution >= 4 is 33.2 Å². The van der Waals surface area contributed by atoms with E-state index in [9.17, 15) is 14.0 Å². The Morgan fingerprint density at radius 2 is 2.07 bits per heavy atom. The van der Waals surface area contributed by atoms with E-state index in [0.29, 0.717) is 26.3 Å². The van der Waals surface area contributed by atoms with Crippen LogP contribution in [0.2, 0.25) is 5.02 Å². The molecule has 0 radical (unpaired) electrons. The first-order chi connectivity index (χ1) is 14.0. The van der Waals surface area contributed by atoms with Crippen molar-refractivity contribution in [3.63, 3.8) is 0 Å². The Hall–Kier alpha value is -3.28. The second-order valence-electron chi connectivity index (χ2n) is 6.14. The number of nitrogens with zero attached hydrogens (tertiary/aromatic N) is 4. The van der Waals surface area contributed by atoms with Crippen LogP contribution in [0, 0.1) is 17.1 Å². The van der Waals surface area contributed by atoms with Gasteiger partial charge in [-0.1, -0.05) is 11.6 Å². The van der Waals surface area contributed by atoms with Gasteiger partial charge in [0.25, 0.3) is 5.56 Å². The van der Waals surface area contributed by atoms with E-state index >= 15 is 0 Å². The van der Waals surface area contributed by atoms with Crippen LogP contribution in [0.15, 0.2) is 58.4 Å². The van der Waals surface area contributed by atoms with Crippen LogP contribution in [-0.2, 0) is 6.54 Å². The van der Waals surface area contributed by atoms with E-state index in [1.54, 1.807) is 24.4 Å². The second kappa shape index (κ2) is 7.62. The minimum absolute atomic E-state index is 0.0999. The van der Waals surface area contributed by atoms with Crippen molar-refractivity contribution in [1.82, 2.24) is 14.1 Å². The van der Waals surface area contributed by atoms with Gasteiger partial charge in [0.05, 0.1) is 34.9 Å². The van der Waals surface area contributed by atoms with Crippen LogP contribution in [0.4, 0.5) is 4.39 Å². The Morgan fingerprint density at radius 1 is 1.24 bits per heavy atom. The van der Waals surface area contributed by atoms with Crippen molar-refractivity contribution in [2.24, 2.45) is 0 Å². The summed E-state index contributed by atoms with van der Waals surface area (Å²) in [7, 11) is 0. The summed E-state index contributed by atoms with van der Waals surface area (Å²) in [6.45, 7) is 0.125. The van der Waals surface area contributed by atoms with Gasteiger partial charge in [0.15, 0.2) is 0 Å². The number of rotatable bonds is 4. The molecular weight excluding hydrogens is 415 g/mol. The first kappa shape index (κ1) is 19.1. The van der Waals surface area contributed by atoms with Crippen molar-refractivity contribution in [3.8, 4) is 22.2 Å². The van der Waals surface area contributed by atoms with Gasteiger partial charge >= 0.3 is 5.69 Å². The summed E-state index contributed by atoms with van der Waals surface area (Å²) in [5, 5.41) is 9.19. The lowest BCUT2D eigenvalue weighted by Gasteiger charge is -2.10. The smallest absolute Gasteiger partial charge is 0.291 e. The van der Waals surface area contributed by atoms with Gasteiger partial charge in [0.2, 0.25) is 0 Å². The summed E-state index contributed by atoms with van der Waals surface area (Å²) in [4.78, 5) is 30.8. The summed E-state index contributed by atoms with van der Waals surface area (Å²) in [6, 6.07) is 10.9. The predicted octanol–water partition coefficient (Wildman–Crippen LogP) is 3.98. The number of nitriles is 1. The minimum atomic E-state index is -0.555. The standard InChI is InChI=1S/C20H12ClFN4O2S/c21-15-9-12(22)4-5-14(15)17-10-16-18(29-17)19(27)26(13-3-1-7-24-11-13)20(28)25(16)8-2-6-23/h1,3-5,7,9-11H,2,8H2. The van der Waals surface area contributed by atoms with Crippen molar-refractivity contribution in [3.05, 3.63) is 80.5 Å². The fraction of sp³-hybridized carbons (Fsp3) is 0.100. The number of hydrogen-bond donors (Lipinski definition) is 0. The Labute approximate surface area is 172 Å².